The van der Waals surface area contributed by atoms with Crippen molar-refractivity contribution < 1.29 is 38.0 Å². The van der Waals surface area contributed by atoms with Crippen LogP contribution in [0, 0.1) is 0 Å². The number of fused-ring (bicyclic) bond motifs is 1. The highest BCUT2D eigenvalue weighted by Crippen LogP contribution is 2.47. The molecule has 0 saturated carbocycles. The van der Waals surface area contributed by atoms with Crippen molar-refractivity contribution in [2.24, 2.45) is 0 Å². The van der Waals surface area contributed by atoms with E-state index in [2.05, 4.69) is 0 Å². The number of Topliss-reactive ketones (excluding diaryl/α,β-unsaturated/α-hetero) is 1. The van der Waals surface area contributed by atoms with E-state index < -0.39 is 11.9 Å². The molecule has 0 aliphatic carbocycles. The highest BCUT2D eigenvalue weighted by atomic mass is 16.7. The van der Waals surface area contributed by atoms with E-state index in [0.717, 1.165) is 5.56 Å². The molecule has 0 N–H and O–H groups in total. The van der Waals surface area contributed by atoms with Gasteiger partial charge >= 0.3 is 5.97 Å². The number of carbonyl (C=O) groups is 2. The van der Waals surface area contributed by atoms with Crippen molar-refractivity contribution in [3.8, 4) is 34.5 Å². The van der Waals surface area contributed by atoms with Gasteiger partial charge in [0.05, 0.1) is 21.3 Å². The molecule has 0 radical (unpaired) electrons. The van der Waals surface area contributed by atoms with Crippen LogP contribution in [0.2, 0.25) is 0 Å². The molecule has 0 saturated heterocycles. The molecule has 1 atom stereocenters. The second kappa shape index (κ2) is 8.94. The minimum Gasteiger partial charge on any atom is -0.493 e. The maximum atomic E-state index is 12.1. The van der Waals surface area contributed by atoms with E-state index in [9.17, 15) is 9.59 Å². The van der Waals surface area contributed by atoms with Gasteiger partial charge in [-0.05, 0) is 30.7 Å². The zero-order chi connectivity index (χ0) is 21.8. The molecule has 0 aromatic heterocycles. The molecule has 2 aromatic carbocycles. The van der Waals surface area contributed by atoms with Crippen molar-refractivity contribution in [3.05, 3.63) is 35.4 Å². The van der Waals surface area contributed by atoms with Crippen LogP contribution in [0.15, 0.2) is 24.3 Å². The Morgan fingerprint density at radius 1 is 0.900 bits per heavy atom. The first-order chi connectivity index (χ1) is 14.4. The zero-order valence-electron chi connectivity index (χ0n) is 17.6. The van der Waals surface area contributed by atoms with Crippen molar-refractivity contribution >= 4 is 11.8 Å². The smallest absolute Gasteiger partial charge is 0.308 e. The first-order valence-corrected chi connectivity index (χ1v) is 9.29. The number of ether oxygens (including phenoxy) is 6. The zero-order valence-corrected chi connectivity index (χ0v) is 17.6. The van der Waals surface area contributed by atoms with E-state index in [1.165, 1.54) is 35.2 Å². The van der Waals surface area contributed by atoms with E-state index >= 15 is 0 Å². The summed E-state index contributed by atoms with van der Waals surface area (Å²) in [6.45, 7) is 2.89. The summed E-state index contributed by atoms with van der Waals surface area (Å²) in [4.78, 5) is 23.9. The van der Waals surface area contributed by atoms with Gasteiger partial charge in [-0.25, -0.2) is 0 Å². The van der Waals surface area contributed by atoms with E-state index in [-0.39, 0.29) is 19.0 Å². The fourth-order valence-electron chi connectivity index (χ4n) is 3.45. The van der Waals surface area contributed by atoms with Gasteiger partial charge in [-0.2, -0.15) is 0 Å². The molecule has 2 aromatic rings. The van der Waals surface area contributed by atoms with Crippen LogP contribution in [0.25, 0.3) is 0 Å². The Bertz CT molecular complexity index is 941. The minimum atomic E-state index is -0.485. The predicted molar refractivity (Wildman–Crippen MR) is 107 cm³/mol. The lowest BCUT2D eigenvalue weighted by Gasteiger charge is -2.22. The van der Waals surface area contributed by atoms with Crippen LogP contribution in [-0.2, 0) is 9.59 Å². The molecule has 3 rings (SSSR count). The molecule has 0 spiro atoms. The van der Waals surface area contributed by atoms with E-state index in [1.54, 1.807) is 24.3 Å². The normalized spacial score (nSPS) is 12.8. The third-order valence-electron chi connectivity index (χ3n) is 4.72. The van der Waals surface area contributed by atoms with Gasteiger partial charge in [0.2, 0.25) is 12.5 Å². The quantitative estimate of drug-likeness (QED) is 0.477. The van der Waals surface area contributed by atoms with E-state index in [1.807, 2.05) is 0 Å². The van der Waals surface area contributed by atoms with Crippen LogP contribution in [0.4, 0.5) is 0 Å². The lowest BCUT2D eigenvalue weighted by Crippen LogP contribution is -2.11. The van der Waals surface area contributed by atoms with Gasteiger partial charge in [-0.15, -0.1) is 0 Å². The van der Waals surface area contributed by atoms with Gasteiger partial charge in [0.1, 0.15) is 11.5 Å². The van der Waals surface area contributed by atoms with Crippen LogP contribution in [-0.4, -0.2) is 39.9 Å². The maximum Gasteiger partial charge on any atom is 0.308 e. The molecule has 160 valence electrons. The second-order valence-corrected chi connectivity index (χ2v) is 6.75. The maximum absolute atomic E-state index is 12.1. The minimum absolute atomic E-state index is 0.0415. The number of carbonyl (C=O) groups excluding carboxylic acids is 2. The van der Waals surface area contributed by atoms with Crippen molar-refractivity contribution in [1.29, 1.82) is 0 Å². The second-order valence-electron chi connectivity index (χ2n) is 6.75. The largest absolute Gasteiger partial charge is 0.493 e. The molecule has 0 amide bonds. The summed E-state index contributed by atoms with van der Waals surface area (Å²) in [5.74, 6) is 1.65. The Kier molecular flexibility index (Phi) is 6.34. The summed E-state index contributed by atoms with van der Waals surface area (Å²) >= 11 is 0. The Hall–Kier alpha value is -3.42. The van der Waals surface area contributed by atoms with Gasteiger partial charge in [0.25, 0.3) is 0 Å². The van der Waals surface area contributed by atoms with Crippen LogP contribution < -0.4 is 28.4 Å². The van der Waals surface area contributed by atoms with E-state index in [0.29, 0.717) is 40.1 Å². The van der Waals surface area contributed by atoms with Gasteiger partial charge in [-0.3, -0.25) is 9.59 Å². The molecular weight excluding hydrogens is 392 g/mol. The number of esters is 1. The SMILES string of the molecule is COc1cc(C(CC(C)=O)c2cc3c(cc2OC(C)=O)OCO3)cc(OC)c1OC. The standard InChI is InChI=1S/C22H24O8/c1-12(23)6-15(14-7-20(25-3)22(27-5)21(8-14)26-4)16-9-18-19(29-11-28-18)10-17(16)30-13(2)24/h7-10,15H,6,11H2,1-5H3. The third-order valence-corrected chi connectivity index (χ3v) is 4.72. The van der Waals surface area contributed by atoms with Crippen molar-refractivity contribution in [2.45, 2.75) is 26.2 Å². The number of rotatable bonds is 8. The van der Waals surface area contributed by atoms with Gasteiger partial charge in [0, 0.05) is 30.9 Å². The predicted octanol–water partition coefficient (Wildman–Crippen LogP) is 3.48. The monoisotopic (exact) mass is 416 g/mol. The van der Waals surface area contributed by atoms with Crippen molar-refractivity contribution in [1.82, 2.24) is 0 Å². The Labute approximate surface area is 174 Å². The first kappa shape index (κ1) is 21.3. The fourth-order valence-corrected chi connectivity index (χ4v) is 3.45. The summed E-state index contributed by atoms with van der Waals surface area (Å²) in [5.41, 5.74) is 1.34. The number of methoxy groups -OCH3 is 3. The summed E-state index contributed by atoms with van der Waals surface area (Å²) in [6.07, 6.45) is 0.159. The fraction of sp³-hybridized carbons (Fsp3) is 0.364. The highest BCUT2D eigenvalue weighted by Gasteiger charge is 2.28. The number of ketones is 1. The average molecular weight is 416 g/mol. The van der Waals surface area contributed by atoms with Crippen LogP contribution >= 0.6 is 0 Å². The van der Waals surface area contributed by atoms with Crippen molar-refractivity contribution in [2.75, 3.05) is 28.1 Å². The summed E-state index contributed by atoms with van der Waals surface area (Å²) < 4.78 is 32.7. The third kappa shape index (κ3) is 4.27. The molecule has 1 unspecified atom stereocenters. The molecule has 1 aliphatic heterocycles. The first-order valence-electron chi connectivity index (χ1n) is 9.29. The molecule has 0 bridgehead atoms. The van der Waals surface area contributed by atoms with E-state index in [4.69, 9.17) is 28.4 Å². The molecule has 8 heteroatoms. The molecule has 1 aliphatic rings. The van der Waals surface area contributed by atoms with Crippen LogP contribution in [0.3, 0.4) is 0 Å². The molecule has 1 heterocycles. The van der Waals surface area contributed by atoms with Crippen molar-refractivity contribution in [3.63, 3.8) is 0 Å². The lowest BCUT2D eigenvalue weighted by molar-refractivity contribution is -0.131. The highest BCUT2D eigenvalue weighted by molar-refractivity contribution is 5.78. The number of hydrogen-bond acceptors (Lipinski definition) is 8. The molecule has 30 heavy (non-hydrogen) atoms. The summed E-state index contributed by atoms with van der Waals surface area (Å²) in [6, 6.07) is 6.88. The summed E-state index contributed by atoms with van der Waals surface area (Å²) in [7, 11) is 4.56. The topological polar surface area (TPSA) is 89.5 Å². The van der Waals surface area contributed by atoms with Gasteiger partial charge in [-0.1, -0.05) is 0 Å². The Morgan fingerprint density at radius 3 is 2.00 bits per heavy atom. The van der Waals surface area contributed by atoms with Crippen LogP contribution in [0.5, 0.6) is 34.5 Å². The van der Waals surface area contributed by atoms with Gasteiger partial charge < -0.3 is 28.4 Å². The van der Waals surface area contributed by atoms with Gasteiger partial charge in [0.15, 0.2) is 23.0 Å². The summed E-state index contributed by atoms with van der Waals surface area (Å²) in [5, 5.41) is 0. The van der Waals surface area contributed by atoms with Crippen LogP contribution in [0.1, 0.15) is 37.3 Å². The molecular formula is C22H24O8. The molecule has 8 nitrogen and oxygen atoms in total. The average Bonchev–Trinajstić information content (AvgIpc) is 3.17. The number of hydrogen-bond donors (Lipinski definition) is 0. The number of benzene rings is 2. The lowest BCUT2D eigenvalue weighted by atomic mass is 9.86. The molecule has 0 fully saturated rings. The Balaban J connectivity index is 2.21. The Morgan fingerprint density at radius 2 is 1.50 bits per heavy atom.